The van der Waals surface area contributed by atoms with Gasteiger partial charge >= 0.3 is 6.03 Å². The van der Waals surface area contributed by atoms with Crippen LogP contribution in [0.15, 0.2) is 84.0 Å². The maximum absolute atomic E-state index is 13.1. The number of nitrogens with zero attached hydrogens (tertiary/aromatic N) is 3. The molecule has 0 unspecified atom stereocenters. The first kappa shape index (κ1) is 26.7. The van der Waals surface area contributed by atoms with E-state index in [1.54, 1.807) is 31.4 Å². The number of imide groups is 2. The summed E-state index contributed by atoms with van der Waals surface area (Å²) >= 11 is 0. The Morgan fingerprint density at radius 2 is 1.57 bits per heavy atom. The summed E-state index contributed by atoms with van der Waals surface area (Å²) < 4.78 is 11.3. The van der Waals surface area contributed by atoms with Crippen LogP contribution in [-0.4, -0.2) is 66.1 Å². The summed E-state index contributed by atoms with van der Waals surface area (Å²) in [6.45, 7) is 0.790. The van der Waals surface area contributed by atoms with Gasteiger partial charge in [-0.1, -0.05) is 30.3 Å². The van der Waals surface area contributed by atoms with Gasteiger partial charge in [-0.05, 0) is 65.6 Å². The third kappa shape index (κ3) is 5.31. The molecule has 40 heavy (non-hydrogen) atoms. The standard InChI is InChI=1S/C31H30N4O5/c1-34-29(36)27(30(37)35(2)31(34)38)28(21-9-11-23(39-3)12-10-21)32-16-15-22-18-33-26-14-13-24(17-25(22)26)40-19-20-7-5-4-6-8-20/h4-14,17-18,27,33H,15-16,19H2,1-3H3. The number of ether oxygens (including phenoxy) is 2. The van der Waals surface area contributed by atoms with E-state index < -0.39 is 23.8 Å². The Morgan fingerprint density at radius 1 is 0.900 bits per heavy atom. The Bertz CT molecular complexity index is 1550. The highest BCUT2D eigenvalue weighted by molar-refractivity contribution is 6.30. The van der Waals surface area contributed by atoms with E-state index >= 15 is 0 Å². The highest BCUT2D eigenvalue weighted by Gasteiger charge is 2.45. The molecule has 1 aliphatic rings. The minimum absolute atomic E-state index is 0.315. The summed E-state index contributed by atoms with van der Waals surface area (Å²) in [6.07, 6.45) is 2.49. The summed E-state index contributed by atoms with van der Waals surface area (Å²) in [6, 6.07) is 22.2. The van der Waals surface area contributed by atoms with Crippen LogP contribution in [0.25, 0.3) is 10.9 Å². The van der Waals surface area contributed by atoms with Crippen molar-refractivity contribution in [3.8, 4) is 11.5 Å². The van der Waals surface area contributed by atoms with E-state index in [0.717, 1.165) is 37.6 Å². The molecule has 1 N–H and O–H groups in total. The molecule has 1 aromatic heterocycles. The Balaban J connectivity index is 1.40. The average Bonchev–Trinajstić information content (AvgIpc) is 3.40. The van der Waals surface area contributed by atoms with Gasteiger partial charge in [-0.15, -0.1) is 0 Å². The Hall–Kier alpha value is -4.92. The normalized spacial score (nSPS) is 14.8. The molecule has 9 nitrogen and oxygen atoms in total. The molecule has 0 atom stereocenters. The maximum atomic E-state index is 13.1. The molecule has 0 aliphatic carbocycles. The van der Waals surface area contributed by atoms with Gasteiger partial charge in [-0.2, -0.15) is 0 Å². The van der Waals surface area contributed by atoms with E-state index in [4.69, 9.17) is 14.5 Å². The fourth-order valence-corrected chi connectivity index (χ4v) is 4.74. The predicted octanol–water partition coefficient (Wildman–Crippen LogP) is 4.45. The van der Waals surface area contributed by atoms with Crippen LogP contribution in [0, 0.1) is 5.92 Å². The number of hydrogen-bond donors (Lipinski definition) is 1. The number of rotatable bonds is 9. The zero-order valence-electron chi connectivity index (χ0n) is 22.6. The van der Waals surface area contributed by atoms with Gasteiger partial charge in [0.15, 0.2) is 5.92 Å². The number of hydrogen-bond acceptors (Lipinski definition) is 6. The topological polar surface area (TPSA) is 104 Å². The van der Waals surface area contributed by atoms with Crippen LogP contribution in [0.1, 0.15) is 16.7 Å². The number of urea groups is 1. The van der Waals surface area contributed by atoms with E-state index in [1.807, 2.05) is 54.7 Å². The number of aliphatic imine (C=N–C) groups is 1. The number of barbiturate groups is 1. The molecule has 4 amide bonds. The van der Waals surface area contributed by atoms with Gasteiger partial charge in [0.25, 0.3) is 0 Å². The molecular weight excluding hydrogens is 508 g/mol. The van der Waals surface area contributed by atoms with Gasteiger partial charge in [-0.3, -0.25) is 24.4 Å². The first-order valence-corrected chi connectivity index (χ1v) is 12.9. The predicted molar refractivity (Wildman–Crippen MR) is 152 cm³/mol. The van der Waals surface area contributed by atoms with Crippen molar-refractivity contribution < 1.29 is 23.9 Å². The highest BCUT2D eigenvalue weighted by atomic mass is 16.5. The monoisotopic (exact) mass is 538 g/mol. The molecule has 0 bridgehead atoms. The Kier molecular flexibility index (Phi) is 7.63. The lowest BCUT2D eigenvalue weighted by molar-refractivity contribution is -0.144. The summed E-state index contributed by atoms with van der Waals surface area (Å²) in [5.74, 6) is -1.03. The molecular formula is C31H30N4O5. The number of nitrogens with one attached hydrogen (secondary N) is 1. The molecule has 0 radical (unpaired) electrons. The molecule has 0 saturated carbocycles. The Morgan fingerprint density at radius 3 is 2.25 bits per heavy atom. The smallest absolute Gasteiger partial charge is 0.332 e. The lowest BCUT2D eigenvalue weighted by atomic mass is 9.92. The summed E-state index contributed by atoms with van der Waals surface area (Å²) in [5, 5.41) is 1.02. The molecule has 1 aliphatic heterocycles. The highest BCUT2D eigenvalue weighted by Crippen LogP contribution is 2.26. The van der Waals surface area contributed by atoms with Gasteiger partial charge in [-0.25, -0.2) is 4.79 Å². The number of methoxy groups -OCH3 is 1. The molecule has 204 valence electrons. The first-order chi connectivity index (χ1) is 19.4. The number of carbonyl (C=O) groups excluding carboxylic acids is 3. The van der Waals surface area contributed by atoms with Crippen molar-refractivity contribution in [3.63, 3.8) is 0 Å². The molecule has 3 aromatic carbocycles. The molecule has 1 fully saturated rings. The third-order valence-corrected chi connectivity index (χ3v) is 7.04. The van der Waals surface area contributed by atoms with Crippen LogP contribution in [0.4, 0.5) is 4.79 Å². The second kappa shape index (κ2) is 11.4. The van der Waals surface area contributed by atoms with Crippen LogP contribution in [0.2, 0.25) is 0 Å². The van der Waals surface area contributed by atoms with Gasteiger partial charge in [0.2, 0.25) is 11.8 Å². The summed E-state index contributed by atoms with van der Waals surface area (Å²) in [7, 11) is 4.30. The molecule has 4 aromatic rings. The number of fused-ring (bicyclic) bond motifs is 1. The zero-order chi connectivity index (χ0) is 28.2. The molecule has 2 heterocycles. The average molecular weight is 539 g/mol. The Labute approximate surface area is 232 Å². The SMILES string of the molecule is COc1ccc(C(=NCCc2c[nH]c3ccc(OCc4ccccc4)cc23)C2C(=O)N(C)C(=O)N(C)C2=O)cc1. The van der Waals surface area contributed by atoms with Crippen molar-refractivity contribution in [2.45, 2.75) is 13.0 Å². The van der Waals surface area contributed by atoms with Crippen molar-refractivity contribution in [2.24, 2.45) is 10.9 Å². The second-order valence-electron chi connectivity index (χ2n) is 9.55. The number of amides is 4. The quantitative estimate of drug-likeness (QED) is 0.250. The van der Waals surface area contributed by atoms with E-state index in [0.29, 0.717) is 36.6 Å². The second-order valence-corrected chi connectivity index (χ2v) is 9.55. The zero-order valence-corrected chi connectivity index (χ0v) is 22.6. The van der Waals surface area contributed by atoms with Crippen LogP contribution in [0.3, 0.4) is 0 Å². The van der Waals surface area contributed by atoms with Crippen molar-refractivity contribution in [1.29, 1.82) is 0 Å². The van der Waals surface area contributed by atoms with Crippen molar-refractivity contribution in [2.75, 3.05) is 27.7 Å². The van der Waals surface area contributed by atoms with Crippen molar-refractivity contribution in [1.82, 2.24) is 14.8 Å². The minimum Gasteiger partial charge on any atom is -0.497 e. The van der Waals surface area contributed by atoms with E-state index in [1.165, 1.54) is 14.1 Å². The molecule has 1 saturated heterocycles. The number of aromatic amines is 1. The third-order valence-electron chi connectivity index (χ3n) is 7.04. The van der Waals surface area contributed by atoms with E-state index in [9.17, 15) is 14.4 Å². The van der Waals surface area contributed by atoms with Gasteiger partial charge in [0.1, 0.15) is 18.1 Å². The van der Waals surface area contributed by atoms with Gasteiger partial charge < -0.3 is 14.5 Å². The summed E-state index contributed by atoms with van der Waals surface area (Å²) in [4.78, 5) is 48.6. The van der Waals surface area contributed by atoms with Crippen LogP contribution < -0.4 is 9.47 Å². The fraction of sp³-hybridized carbons (Fsp3) is 0.226. The van der Waals surface area contributed by atoms with Crippen molar-refractivity contribution >= 4 is 34.5 Å². The lowest BCUT2D eigenvalue weighted by Crippen LogP contribution is -2.59. The molecule has 0 spiro atoms. The molecule has 9 heteroatoms. The van der Waals surface area contributed by atoms with Crippen LogP contribution in [0.5, 0.6) is 11.5 Å². The van der Waals surface area contributed by atoms with Crippen LogP contribution in [-0.2, 0) is 22.6 Å². The summed E-state index contributed by atoms with van der Waals surface area (Å²) in [5.41, 5.74) is 4.02. The number of H-pyrrole nitrogens is 1. The van der Waals surface area contributed by atoms with Gasteiger partial charge in [0.05, 0.1) is 12.8 Å². The number of aromatic nitrogens is 1. The maximum Gasteiger partial charge on any atom is 0.332 e. The van der Waals surface area contributed by atoms with E-state index in [-0.39, 0.29) is 0 Å². The van der Waals surface area contributed by atoms with Crippen LogP contribution >= 0.6 is 0 Å². The van der Waals surface area contributed by atoms with Gasteiger partial charge in [0, 0.05) is 37.7 Å². The minimum atomic E-state index is -1.22. The first-order valence-electron chi connectivity index (χ1n) is 12.9. The largest absolute Gasteiger partial charge is 0.497 e. The number of carbonyl (C=O) groups is 3. The molecule has 5 rings (SSSR count). The fourth-order valence-electron chi connectivity index (χ4n) is 4.74. The van der Waals surface area contributed by atoms with E-state index in [2.05, 4.69) is 4.98 Å². The number of benzene rings is 3. The lowest BCUT2D eigenvalue weighted by Gasteiger charge is -2.33. The van der Waals surface area contributed by atoms with Crippen molar-refractivity contribution in [3.05, 3.63) is 95.7 Å².